The maximum atomic E-state index is 13.6. The second kappa shape index (κ2) is 6.26. The van der Waals surface area contributed by atoms with Gasteiger partial charge in [0.2, 0.25) is 0 Å². The molecular formula is C12H12FNO2S. The van der Waals surface area contributed by atoms with Crippen molar-refractivity contribution in [1.29, 1.82) is 5.26 Å². The first-order valence-corrected chi connectivity index (χ1v) is 6.19. The van der Waals surface area contributed by atoms with Gasteiger partial charge in [0, 0.05) is 11.5 Å². The molecule has 1 atom stereocenters. The standard InChI is InChI=1S/C12H12FNO2S/c1-8(12(15)16)6-17-7-10-4-2-3-9(5-14)11(10)13/h2-4,8H,6-7H2,1H3,(H,15,16). The Morgan fingerprint density at radius 2 is 2.35 bits per heavy atom. The molecule has 1 unspecified atom stereocenters. The summed E-state index contributed by atoms with van der Waals surface area (Å²) in [6.07, 6.45) is 0. The molecule has 0 aromatic heterocycles. The van der Waals surface area contributed by atoms with Gasteiger partial charge < -0.3 is 5.11 Å². The molecule has 3 nitrogen and oxygen atoms in total. The van der Waals surface area contributed by atoms with Crippen LogP contribution in [0.5, 0.6) is 0 Å². The van der Waals surface area contributed by atoms with Crippen LogP contribution in [0.2, 0.25) is 0 Å². The van der Waals surface area contributed by atoms with E-state index in [1.807, 2.05) is 0 Å². The molecule has 1 rings (SSSR count). The largest absolute Gasteiger partial charge is 0.481 e. The van der Waals surface area contributed by atoms with Crippen molar-refractivity contribution in [3.63, 3.8) is 0 Å². The number of thioether (sulfide) groups is 1. The Bertz CT molecular complexity index is 456. The molecule has 0 saturated carbocycles. The van der Waals surface area contributed by atoms with Crippen molar-refractivity contribution in [1.82, 2.24) is 0 Å². The minimum atomic E-state index is -0.858. The molecule has 0 bridgehead atoms. The number of halogens is 1. The van der Waals surface area contributed by atoms with Crippen LogP contribution < -0.4 is 0 Å². The van der Waals surface area contributed by atoms with Crippen LogP contribution in [0.15, 0.2) is 18.2 Å². The number of carboxylic acid groups (broad SMARTS) is 1. The third kappa shape index (κ3) is 3.75. The van der Waals surface area contributed by atoms with Gasteiger partial charge in [0.15, 0.2) is 0 Å². The van der Waals surface area contributed by atoms with E-state index in [-0.39, 0.29) is 5.56 Å². The van der Waals surface area contributed by atoms with Crippen LogP contribution in [0.4, 0.5) is 4.39 Å². The van der Waals surface area contributed by atoms with Gasteiger partial charge in [-0.1, -0.05) is 19.1 Å². The highest BCUT2D eigenvalue weighted by Gasteiger charge is 2.12. The van der Waals surface area contributed by atoms with Crippen molar-refractivity contribution < 1.29 is 14.3 Å². The molecule has 0 aliphatic rings. The molecule has 0 heterocycles. The van der Waals surface area contributed by atoms with Crippen molar-refractivity contribution in [3.05, 3.63) is 35.1 Å². The average Bonchev–Trinajstić information content (AvgIpc) is 2.31. The minimum absolute atomic E-state index is 0.0226. The fraction of sp³-hybridized carbons (Fsp3) is 0.333. The molecule has 1 aromatic rings. The predicted molar refractivity (Wildman–Crippen MR) is 64.1 cm³/mol. The van der Waals surface area contributed by atoms with E-state index in [1.165, 1.54) is 17.8 Å². The summed E-state index contributed by atoms with van der Waals surface area (Å²) in [4.78, 5) is 10.6. The average molecular weight is 253 g/mol. The summed E-state index contributed by atoms with van der Waals surface area (Å²) in [5.74, 6) is -1.03. The first-order valence-electron chi connectivity index (χ1n) is 5.04. The number of aliphatic carboxylic acids is 1. The zero-order valence-corrected chi connectivity index (χ0v) is 10.1. The quantitative estimate of drug-likeness (QED) is 0.876. The molecule has 0 spiro atoms. The van der Waals surface area contributed by atoms with Gasteiger partial charge in [-0.05, 0) is 11.6 Å². The molecule has 0 fully saturated rings. The number of nitrogens with zero attached hydrogens (tertiary/aromatic N) is 1. The van der Waals surface area contributed by atoms with Gasteiger partial charge >= 0.3 is 5.97 Å². The summed E-state index contributed by atoms with van der Waals surface area (Å²) in [7, 11) is 0. The first kappa shape index (κ1) is 13.5. The van der Waals surface area contributed by atoms with Gasteiger partial charge in [-0.2, -0.15) is 17.0 Å². The molecule has 0 amide bonds. The van der Waals surface area contributed by atoms with Crippen LogP contribution in [0.1, 0.15) is 18.1 Å². The van der Waals surface area contributed by atoms with Crippen LogP contribution in [0, 0.1) is 23.1 Å². The van der Waals surface area contributed by atoms with Crippen LogP contribution in [-0.4, -0.2) is 16.8 Å². The lowest BCUT2D eigenvalue weighted by Gasteiger charge is -2.07. The van der Waals surface area contributed by atoms with Crippen LogP contribution in [-0.2, 0) is 10.5 Å². The van der Waals surface area contributed by atoms with Gasteiger partial charge in [-0.15, -0.1) is 0 Å². The lowest BCUT2D eigenvalue weighted by atomic mass is 10.1. The summed E-state index contributed by atoms with van der Waals surface area (Å²) >= 11 is 1.35. The normalized spacial score (nSPS) is 11.8. The molecule has 0 saturated heterocycles. The SMILES string of the molecule is CC(CSCc1cccc(C#N)c1F)C(=O)O. The van der Waals surface area contributed by atoms with Crippen molar-refractivity contribution in [3.8, 4) is 6.07 Å². The Balaban J connectivity index is 2.59. The molecule has 0 radical (unpaired) electrons. The zero-order valence-electron chi connectivity index (χ0n) is 9.31. The molecule has 17 heavy (non-hydrogen) atoms. The Labute approximate surface area is 103 Å². The fourth-order valence-electron chi connectivity index (χ4n) is 1.19. The number of hydrogen-bond donors (Lipinski definition) is 1. The fourth-order valence-corrected chi connectivity index (χ4v) is 2.25. The monoisotopic (exact) mass is 253 g/mol. The van der Waals surface area contributed by atoms with Gasteiger partial charge in [-0.25, -0.2) is 4.39 Å². The van der Waals surface area contributed by atoms with Crippen LogP contribution >= 0.6 is 11.8 Å². The van der Waals surface area contributed by atoms with E-state index in [4.69, 9.17) is 10.4 Å². The van der Waals surface area contributed by atoms with E-state index >= 15 is 0 Å². The predicted octanol–water partition coefficient (Wildman–Crippen LogP) is 2.65. The second-order valence-electron chi connectivity index (χ2n) is 3.64. The van der Waals surface area contributed by atoms with Gasteiger partial charge in [0.05, 0.1) is 11.5 Å². The number of benzene rings is 1. The minimum Gasteiger partial charge on any atom is -0.481 e. The van der Waals surface area contributed by atoms with Crippen LogP contribution in [0.25, 0.3) is 0 Å². The lowest BCUT2D eigenvalue weighted by Crippen LogP contribution is -2.11. The van der Waals surface area contributed by atoms with Crippen molar-refractivity contribution >= 4 is 17.7 Å². The van der Waals surface area contributed by atoms with E-state index in [9.17, 15) is 9.18 Å². The van der Waals surface area contributed by atoms with Crippen molar-refractivity contribution in [2.75, 3.05) is 5.75 Å². The summed E-state index contributed by atoms with van der Waals surface area (Å²) in [5.41, 5.74) is 0.459. The third-order valence-electron chi connectivity index (χ3n) is 2.25. The number of carboxylic acids is 1. The second-order valence-corrected chi connectivity index (χ2v) is 4.68. The van der Waals surface area contributed by atoms with Crippen molar-refractivity contribution in [2.45, 2.75) is 12.7 Å². The third-order valence-corrected chi connectivity index (χ3v) is 3.50. The highest BCUT2D eigenvalue weighted by molar-refractivity contribution is 7.98. The Morgan fingerprint density at radius 3 is 2.94 bits per heavy atom. The highest BCUT2D eigenvalue weighted by Crippen LogP contribution is 2.20. The summed E-state index contributed by atoms with van der Waals surface area (Å²) in [6, 6.07) is 6.42. The molecule has 5 heteroatoms. The number of rotatable bonds is 5. The van der Waals surface area contributed by atoms with E-state index < -0.39 is 17.7 Å². The van der Waals surface area contributed by atoms with E-state index in [1.54, 1.807) is 25.1 Å². The summed E-state index contributed by atoms with van der Waals surface area (Å²) in [6.45, 7) is 1.61. The topological polar surface area (TPSA) is 61.1 Å². The summed E-state index contributed by atoms with van der Waals surface area (Å²) < 4.78 is 13.6. The lowest BCUT2D eigenvalue weighted by molar-refractivity contribution is -0.140. The number of nitriles is 1. The van der Waals surface area contributed by atoms with Crippen molar-refractivity contribution in [2.24, 2.45) is 5.92 Å². The molecule has 0 aliphatic heterocycles. The molecule has 1 aromatic carbocycles. The molecular weight excluding hydrogens is 241 g/mol. The van der Waals surface area contributed by atoms with E-state index in [2.05, 4.69) is 0 Å². The molecule has 1 N–H and O–H groups in total. The number of carbonyl (C=O) groups is 1. The van der Waals surface area contributed by atoms with E-state index in [0.717, 1.165) is 0 Å². The Morgan fingerprint density at radius 1 is 1.65 bits per heavy atom. The Kier molecular flexibility index (Phi) is 4.98. The van der Waals surface area contributed by atoms with Gasteiger partial charge in [-0.3, -0.25) is 4.79 Å². The number of hydrogen-bond acceptors (Lipinski definition) is 3. The van der Waals surface area contributed by atoms with E-state index in [0.29, 0.717) is 17.1 Å². The first-order chi connectivity index (χ1) is 8.06. The molecule has 0 aliphatic carbocycles. The van der Waals surface area contributed by atoms with Crippen LogP contribution in [0.3, 0.4) is 0 Å². The highest BCUT2D eigenvalue weighted by atomic mass is 32.2. The maximum absolute atomic E-state index is 13.6. The maximum Gasteiger partial charge on any atom is 0.307 e. The Hall–Kier alpha value is -1.54. The smallest absolute Gasteiger partial charge is 0.307 e. The summed E-state index contributed by atoms with van der Waals surface area (Å²) in [5, 5.41) is 17.3. The van der Waals surface area contributed by atoms with Gasteiger partial charge in [0.1, 0.15) is 11.9 Å². The molecule has 90 valence electrons. The zero-order chi connectivity index (χ0) is 12.8. The van der Waals surface area contributed by atoms with Gasteiger partial charge in [0.25, 0.3) is 0 Å².